The number of hydrogen-bond donors (Lipinski definition) is 0. The van der Waals surface area contributed by atoms with Gasteiger partial charge in [0.1, 0.15) is 6.10 Å². The maximum atomic E-state index is 12.3. The highest BCUT2D eigenvalue weighted by Gasteiger charge is 2.36. The predicted octanol–water partition coefficient (Wildman–Crippen LogP) is 2.96. The van der Waals surface area contributed by atoms with Crippen molar-refractivity contribution in [3.05, 3.63) is 59.7 Å². The summed E-state index contributed by atoms with van der Waals surface area (Å²) in [6.45, 7) is 0. The van der Waals surface area contributed by atoms with Gasteiger partial charge in [-0.15, -0.1) is 0 Å². The van der Waals surface area contributed by atoms with Crippen molar-refractivity contribution in [3.63, 3.8) is 0 Å². The maximum Gasteiger partial charge on any atom is 0.192 e. The van der Waals surface area contributed by atoms with Crippen LogP contribution in [0.5, 0.6) is 0 Å². The first-order valence-electron chi connectivity index (χ1n) is 5.88. The third-order valence-corrected chi connectivity index (χ3v) is 3.57. The van der Waals surface area contributed by atoms with E-state index in [0.717, 1.165) is 0 Å². The number of carbonyl (C=O) groups excluding carboxylic acids is 1. The molecule has 0 saturated heterocycles. The number of benzene rings is 1. The number of allylic oxidation sites excluding steroid dienone is 2. The SMILES string of the molecule is CO[C@@H]1C=C(C(=O)c2ccccc2)C=C[C@]1(Cl)OC. The van der Waals surface area contributed by atoms with Crippen LogP contribution in [-0.4, -0.2) is 31.2 Å². The molecule has 4 heteroatoms. The minimum absolute atomic E-state index is 0.0614. The number of rotatable bonds is 4. The Labute approximate surface area is 117 Å². The first kappa shape index (κ1) is 14.0. The van der Waals surface area contributed by atoms with Crippen LogP contribution in [0.4, 0.5) is 0 Å². The molecule has 0 heterocycles. The number of Topliss-reactive ketones (excluding diaryl/α,β-unsaturated/α-hetero) is 1. The summed E-state index contributed by atoms with van der Waals surface area (Å²) in [6.07, 6.45) is 4.48. The van der Waals surface area contributed by atoms with Crippen LogP contribution < -0.4 is 0 Å². The van der Waals surface area contributed by atoms with Crippen LogP contribution in [0.25, 0.3) is 0 Å². The summed E-state index contributed by atoms with van der Waals surface area (Å²) in [5.41, 5.74) is 1.18. The number of ketones is 1. The van der Waals surface area contributed by atoms with Gasteiger partial charge in [-0.1, -0.05) is 48.0 Å². The molecule has 2 atom stereocenters. The summed E-state index contributed by atoms with van der Waals surface area (Å²) >= 11 is 6.25. The van der Waals surface area contributed by atoms with Gasteiger partial charge >= 0.3 is 0 Å². The lowest BCUT2D eigenvalue weighted by molar-refractivity contribution is -0.0136. The second kappa shape index (κ2) is 5.70. The lowest BCUT2D eigenvalue weighted by atomic mass is 9.95. The van der Waals surface area contributed by atoms with E-state index in [1.165, 1.54) is 14.2 Å². The normalized spacial score (nSPS) is 26.1. The van der Waals surface area contributed by atoms with Gasteiger partial charge in [0.05, 0.1) is 0 Å². The smallest absolute Gasteiger partial charge is 0.192 e. The molecule has 1 aromatic carbocycles. The van der Waals surface area contributed by atoms with Crippen LogP contribution >= 0.6 is 11.6 Å². The fourth-order valence-electron chi connectivity index (χ4n) is 1.95. The van der Waals surface area contributed by atoms with E-state index in [1.54, 1.807) is 30.4 Å². The first-order chi connectivity index (χ1) is 9.10. The molecule has 0 bridgehead atoms. The van der Waals surface area contributed by atoms with Crippen molar-refractivity contribution in [2.24, 2.45) is 0 Å². The number of methoxy groups -OCH3 is 2. The zero-order valence-corrected chi connectivity index (χ0v) is 11.6. The van der Waals surface area contributed by atoms with Crippen LogP contribution in [0.2, 0.25) is 0 Å². The molecule has 0 aliphatic heterocycles. The van der Waals surface area contributed by atoms with E-state index in [2.05, 4.69) is 0 Å². The van der Waals surface area contributed by atoms with Gasteiger partial charge in [-0.05, 0) is 12.2 Å². The molecule has 100 valence electrons. The molecule has 0 spiro atoms. The van der Waals surface area contributed by atoms with E-state index in [9.17, 15) is 4.79 Å². The van der Waals surface area contributed by atoms with Gasteiger partial charge in [0.2, 0.25) is 0 Å². The van der Waals surface area contributed by atoms with Gasteiger partial charge in [0, 0.05) is 25.4 Å². The molecule has 0 aromatic heterocycles. The maximum absolute atomic E-state index is 12.3. The molecule has 0 radical (unpaired) electrons. The van der Waals surface area contributed by atoms with E-state index >= 15 is 0 Å². The average molecular weight is 279 g/mol. The fraction of sp³-hybridized carbons (Fsp3) is 0.267. The largest absolute Gasteiger partial charge is 0.373 e. The summed E-state index contributed by atoms with van der Waals surface area (Å²) < 4.78 is 10.5. The van der Waals surface area contributed by atoms with Crippen LogP contribution in [-0.2, 0) is 9.47 Å². The van der Waals surface area contributed by atoms with Crippen molar-refractivity contribution < 1.29 is 14.3 Å². The van der Waals surface area contributed by atoms with E-state index in [4.69, 9.17) is 21.1 Å². The summed E-state index contributed by atoms with van der Waals surface area (Å²) in [7, 11) is 3.03. The van der Waals surface area contributed by atoms with Crippen molar-refractivity contribution in [1.82, 2.24) is 0 Å². The Morgan fingerprint density at radius 1 is 1.26 bits per heavy atom. The monoisotopic (exact) mass is 278 g/mol. The predicted molar refractivity (Wildman–Crippen MR) is 74.4 cm³/mol. The molecule has 0 N–H and O–H groups in total. The molecule has 1 aliphatic rings. The van der Waals surface area contributed by atoms with Crippen molar-refractivity contribution in [2.45, 2.75) is 11.2 Å². The third-order valence-electron chi connectivity index (χ3n) is 3.07. The third kappa shape index (κ3) is 2.78. The summed E-state index contributed by atoms with van der Waals surface area (Å²) in [4.78, 5) is 12.3. The van der Waals surface area contributed by atoms with Crippen molar-refractivity contribution in [3.8, 4) is 0 Å². The topological polar surface area (TPSA) is 35.5 Å². The number of hydrogen-bond acceptors (Lipinski definition) is 3. The number of carbonyl (C=O) groups is 1. The summed E-state index contributed by atoms with van der Waals surface area (Å²) in [6, 6.07) is 9.08. The molecule has 0 amide bonds. The van der Waals surface area contributed by atoms with E-state index in [-0.39, 0.29) is 5.78 Å². The summed E-state index contributed by atoms with van der Waals surface area (Å²) in [5.74, 6) is -0.0614. The minimum atomic E-state index is -1.06. The lowest BCUT2D eigenvalue weighted by Gasteiger charge is -2.31. The van der Waals surface area contributed by atoms with Gasteiger partial charge in [0.15, 0.2) is 10.8 Å². The Bertz CT molecular complexity index is 521. The minimum Gasteiger partial charge on any atom is -0.373 e. The number of ether oxygens (including phenoxy) is 2. The van der Waals surface area contributed by atoms with Crippen LogP contribution in [0.3, 0.4) is 0 Å². The van der Waals surface area contributed by atoms with Crippen molar-refractivity contribution in [2.75, 3.05) is 14.2 Å². The van der Waals surface area contributed by atoms with Gasteiger partial charge < -0.3 is 9.47 Å². The van der Waals surface area contributed by atoms with Gasteiger partial charge in [-0.2, -0.15) is 0 Å². The number of alkyl halides is 1. The molecule has 0 unspecified atom stereocenters. The molecule has 2 rings (SSSR count). The van der Waals surface area contributed by atoms with Gasteiger partial charge in [-0.3, -0.25) is 4.79 Å². The summed E-state index contributed by atoms with van der Waals surface area (Å²) in [5, 5.41) is -1.06. The number of halogens is 1. The van der Waals surface area contributed by atoms with Crippen LogP contribution in [0, 0.1) is 0 Å². The lowest BCUT2D eigenvalue weighted by Crippen LogP contribution is -2.39. The highest BCUT2D eigenvalue weighted by Crippen LogP contribution is 2.31. The second-order valence-corrected chi connectivity index (χ2v) is 4.80. The Hall–Kier alpha value is -1.42. The molecular weight excluding hydrogens is 264 g/mol. The first-order valence-corrected chi connectivity index (χ1v) is 6.26. The highest BCUT2D eigenvalue weighted by atomic mass is 35.5. The zero-order valence-electron chi connectivity index (χ0n) is 10.8. The van der Waals surface area contributed by atoms with Crippen LogP contribution in [0.15, 0.2) is 54.1 Å². The Balaban J connectivity index is 2.28. The molecule has 19 heavy (non-hydrogen) atoms. The molecule has 1 aliphatic carbocycles. The van der Waals surface area contributed by atoms with Gasteiger partial charge in [0.25, 0.3) is 0 Å². The molecule has 3 nitrogen and oxygen atoms in total. The Morgan fingerprint density at radius 2 is 1.95 bits per heavy atom. The highest BCUT2D eigenvalue weighted by molar-refractivity contribution is 6.25. The second-order valence-electron chi connectivity index (χ2n) is 4.21. The molecule has 0 saturated carbocycles. The van der Waals surface area contributed by atoms with Crippen molar-refractivity contribution in [1.29, 1.82) is 0 Å². The van der Waals surface area contributed by atoms with E-state index in [0.29, 0.717) is 11.1 Å². The van der Waals surface area contributed by atoms with E-state index in [1.807, 2.05) is 18.2 Å². The molecule has 1 aromatic rings. The van der Waals surface area contributed by atoms with Gasteiger partial charge in [-0.25, -0.2) is 0 Å². The van der Waals surface area contributed by atoms with E-state index < -0.39 is 11.2 Å². The Kier molecular flexibility index (Phi) is 4.20. The fourth-order valence-corrected chi connectivity index (χ4v) is 2.17. The Morgan fingerprint density at radius 3 is 2.53 bits per heavy atom. The van der Waals surface area contributed by atoms with Crippen molar-refractivity contribution >= 4 is 17.4 Å². The quantitative estimate of drug-likeness (QED) is 0.627. The average Bonchev–Trinajstić information content (AvgIpc) is 2.48. The molecular formula is C15H15ClO3. The zero-order chi connectivity index (χ0) is 13.9. The van der Waals surface area contributed by atoms with Crippen LogP contribution in [0.1, 0.15) is 10.4 Å². The molecule has 0 fully saturated rings. The standard InChI is InChI=1S/C15H15ClO3/c1-18-13-10-12(8-9-15(13,16)19-2)14(17)11-6-4-3-5-7-11/h3-10,13H,1-2H3/t13-,15+/m1/s1.